The molecule has 1 aliphatic rings. The third-order valence-corrected chi connectivity index (χ3v) is 4.60. The van der Waals surface area contributed by atoms with E-state index in [2.05, 4.69) is 22.4 Å². The zero-order valence-electron chi connectivity index (χ0n) is 13.9. The van der Waals surface area contributed by atoms with Gasteiger partial charge in [-0.1, -0.05) is 12.1 Å². The molecule has 0 radical (unpaired) electrons. The van der Waals surface area contributed by atoms with Crippen molar-refractivity contribution in [3.63, 3.8) is 0 Å². The minimum atomic E-state index is 0.294. The van der Waals surface area contributed by atoms with E-state index in [4.69, 9.17) is 14.4 Å². The Morgan fingerprint density at radius 1 is 1.20 bits per heavy atom. The fourth-order valence-corrected chi connectivity index (χ4v) is 3.28. The van der Waals surface area contributed by atoms with Crippen LogP contribution in [0.4, 0.5) is 0 Å². The summed E-state index contributed by atoms with van der Waals surface area (Å²) in [5.74, 6) is 1.79. The SMILES string of the molecule is N#Cc1cccc2oc(COc3cccc(C4CCNCC4)n3)cc12. The van der Waals surface area contributed by atoms with Crippen LogP contribution in [0.5, 0.6) is 5.88 Å². The minimum Gasteiger partial charge on any atom is -0.469 e. The molecule has 5 nitrogen and oxygen atoms in total. The number of nitriles is 1. The second kappa shape index (κ2) is 6.96. The first-order valence-corrected chi connectivity index (χ1v) is 8.55. The molecule has 3 heterocycles. The molecule has 1 aromatic carbocycles. The van der Waals surface area contributed by atoms with Gasteiger partial charge in [-0.2, -0.15) is 5.26 Å². The molecule has 2 aromatic heterocycles. The van der Waals surface area contributed by atoms with Gasteiger partial charge in [0.2, 0.25) is 5.88 Å². The van der Waals surface area contributed by atoms with E-state index in [1.165, 1.54) is 0 Å². The molecule has 0 amide bonds. The quantitative estimate of drug-likeness (QED) is 0.787. The van der Waals surface area contributed by atoms with E-state index in [-0.39, 0.29) is 0 Å². The van der Waals surface area contributed by atoms with Gasteiger partial charge in [0.15, 0.2) is 0 Å². The maximum Gasteiger partial charge on any atom is 0.213 e. The number of hydrogen-bond acceptors (Lipinski definition) is 5. The first-order chi connectivity index (χ1) is 12.3. The van der Waals surface area contributed by atoms with E-state index < -0.39 is 0 Å². The van der Waals surface area contributed by atoms with Crippen LogP contribution in [0.1, 0.15) is 35.8 Å². The normalized spacial score (nSPS) is 15.2. The maximum absolute atomic E-state index is 9.17. The van der Waals surface area contributed by atoms with Crippen LogP contribution in [0.25, 0.3) is 11.0 Å². The number of nitrogens with one attached hydrogen (secondary N) is 1. The average Bonchev–Trinajstić information content (AvgIpc) is 3.10. The molecule has 3 aromatic rings. The molecule has 0 saturated carbocycles. The lowest BCUT2D eigenvalue weighted by Crippen LogP contribution is -2.27. The fraction of sp³-hybridized carbons (Fsp3) is 0.300. The highest BCUT2D eigenvalue weighted by atomic mass is 16.5. The van der Waals surface area contributed by atoms with Gasteiger partial charge < -0.3 is 14.5 Å². The molecule has 0 aliphatic carbocycles. The van der Waals surface area contributed by atoms with Crippen molar-refractivity contribution in [3.05, 3.63) is 59.5 Å². The van der Waals surface area contributed by atoms with Crippen molar-refractivity contribution in [2.45, 2.75) is 25.4 Å². The van der Waals surface area contributed by atoms with Gasteiger partial charge in [-0.05, 0) is 50.2 Å². The van der Waals surface area contributed by atoms with E-state index in [1.807, 2.05) is 30.3 Å². The monoisotopic (exact) mass is 333 g/mol. The van der Waals surface area contributed by atoms with E-state index >= 15 is 0 Å². The highest BCUT2D eigenvalue weighted by Gasteiger charge is 2.17. The summed E-state index contributed by atoms with van der Waals surface area (Å²) < 4.78 is 11.6. The topological polar surface area (TPSA) is 71.1 Å². The average molecular weight is 333 g/mol. The Hall–Kier alpha value is -2.84. The molecule has 4 rings (SSSR count). The van der Waals surface area contributed by atoms with Crippen molar-refractivity contribution in [1.29, 1.82) is 5.26 Å². The number of hydrogen-bond donors (Lipinski definition) is 1. The van der Waals surface area contributed by atoms with Crippen LogP contribution in [0, 0.1) is 11.3 Å². The summed E-state index contributed by atoms with van der Waals surface area (Å²) in [6.07, 6.45) is 2.22. The Morgan fingerprint density at radius 3 is 2.88 bits per heavy atom. The molecule has 5 heteroatoms. The summed E-state index contributed by atoms with van der Waals surface area (Å²) in [4.78, 5) is 4.66. The van der Waals surface area contributed by atoms with Crippen molar-refractivity contribution < 1.29 is 9.15 Å². The molecule has 126 valence electrons. The predicted octanol–water partition coefficient (Wildman–Crippen LogP) is 3.75. The van der Waals surface area contributed by atoms with E-state index in [0.717, 1.165) is 37.0 Å². The largest absolute Gasteiger partial charge is 0.469 e. The molecule has 0 unspecified atom stereocenters. The number of fused-ring (bicyclic) bond motifs is 1. The highest BCUT2D eigenvalue weighted by molar-refractivity contribution is 5.84. The van der Waals surface area contributed by atoms with Gasteiger partial charge in [0.25, 0.3) is 0 Å². The number of pyridine rings is 1. The fourth-order valence-electron chi connectivity index (χ4n) is 3.28. The van der Waals surface area contributed by atoms with Crippen molar-refractivity contribution >= 4 is 11.0 Å². The number of piperidine rings is 1. The molecule has 1 fully saturated rings. The summed E-state index contributed by atoms with van der Waals surface area (Å²) in [6, 6.07) is 15.4. The summed E-state index contributed by atoms with van der Waals surface area (Å²) in [7, 11) is 0. The first kappa shape index (κ1) is 15.7. The third-order valence-electron chi connectivity index (χ3n) is 4.60. The predicted molar refractivity (Wildman–Crippen MR) is 94.3 cm³/mol. The van der Waals surface area contributed by atoms with Crippen LogP contribution in [0.2, 0.25) is 0 Å². The lowest BCUT2D eigenvalue weighted by atomic mass is 9.94. The lowest BCUT2D eigenvalue weighted by Gasteiger charge is -2.22. The molecular formula is C20H19N3O2. The third kappa shape index (κ3) is 3.35. The van der Waals surface area contributed by atoms with Gasteiger partial charge in [-0.25, -0.2) is 4.98 Å². The van der Waals surface area contributed by atoms with Crippen molar-refractivity contribution in [1.82, 2.24) is 10.3 Å². The van der Waals surface area contributed by atoms with Crippen LogP contribution >= 0.6 is 0 Å². The van der Waals surface area contributed by atoms with Crippen molar-refractivity contribution in [2.75, 3.05) is 13.1 Å². The molecule has 25 heavy (non-hydrogen) atoms. The lowest BCUT2D eigenvalue weighted by molar-refractivity contribution is 0.263. The number of nitrogens with zero attached hydrogens (tertiary/aromatic N) is 2. The van der Waals surface area contributed by atoms with Gasteiger partial charge in [0.05, 0.1) is 11.6 Å². The van der Waals surface area contributed by atoms with Gasteiger partial charge in [0.1, 0.15) is 18.0 Å². The number of furan rings is 1. The smallest absolute Gasteiger partial charge is 0.213 e. The zero-order chi connectivity index (χ0) is 17.1. The molecule has 1 aliphatic heterocycles. The van der Waals surface area contributed by atoms with Crippen molar-refractivity contribution in [3.8, 4) is 11.9 Å². The highest BCUT2D eigenvalue weighted by Crippen LogP contribution is 2.26. The summed E-state index contributed by atoms with van der Waals surface area (Å²) in [5, 5.41) is 13.4. The number of aromatic nitrogens is 1. The van der Waals surface area contributed by atoms with E-state index in [0.29, 0.717) is 35.3 Å². The molecule has 0 bridgehead atoms. The molecule has 1 N–H and O–H groups in total. The van der Waals surface area contributed by atoms with Crippen LogP contribution in [-0.4, -0.2) is 18.1 Å². The molecule has 1 saturated heterocycles. The standard InChI is InChI=1S/C20H19N3O2/c21-12-15-3-1-5-19-17(15)11-16(25-19)13-24-20-6-2-4-18(23-20)14-7-9-22-10-8-14/h1-6,11,14,22H,7-10,13H2. The Balaban J connectivity index is 1.49. The van der Waals surface area contributed by atoms with E-state index in [9.17, 15) is 0 Å². The van der Waals surface area contributed by atoms with Gasteiger partial charge >= 0.3 is 0 Å². The Bertz CT molecular complexity index is 920. The number of rotatable bonds is 4. The molecule has 0 atom stereocenters. The van der Waals surface area contributed by atoms with Crippen LogP contribution in [0.15, 0.2) is 46.9 Å². The molecular weight excluding hydrogens is 314 g/mol. The minimum absolute atomic E-state index is 0.294. The first-order valence-electron chi connectivity index (χ1n) is 8.55. The molecule has 0 spiro atoms. The maximum atomic E-state index is 9.17. The second-order valence-electron chi connectivity index (χ2n) is 6.26. The van der Waals surface area contributed by atoms with Crippen molar-refractivity contribution in [2.24, 2.45) is 0 Å². The Labute approximate surface area is 146 Å². The van der Waals surface area contributed by atoms with E-state index in [1.54, 1.807) is 6.07 Å². The Morgan fingerprint density at radius 2 is 2.04 bits per heavy atom. The summed E-state index contributed by atoms with van der Waals surface area (Å²) in [6.45, 7) is 2.37. The zero-order valence-corrected chi connectivity index (χ0v) is 13.9. The van der Waals surface area contributed by atoms with Crippen LogP contribution in [-0.2, 0) is 6.61 Å². The number of ether oxygens (including phenoxy) is 1. The summed E-state index contributed by atoms with van der Waals surface area (Å²) >= 11 is 0. The van der Waals surface area contributed by atoms with Crippen LogP contribution in [0.3, 0.4) is 0 Å². The van der Waals surface area contributed by atoms with Gasteiger partial charge in [-0.3, -0.25) is 0 Å². The summed E-state index contributed by atoms with van der Waals surface area (Å²) in [5.41, 5.74) is 2.41. The van der Waals surface area contributed by atoms with Gasteiger partial charge in [0, 0.05) is 23.1 Å². The number of benzene rings is 1. The van der Waals surface area contributed by atoms with Gasteiger partial charge in [-0.15, -0.1) is 0 Å². The Kier molecular flexibility index (Phi) is 4.36. The second-order valence-corrected chi connectivity index (χ2v) is 6.26. The van der Waals surface area contributed by atoms with Crippen LogP contribution < -0.4 is 10.1 Å².